The molecule has 25 heavy (non-hydrogen) atoms. The number of nitrogens with one attached hydrogen (secondary N) is 1. The highest BCUT2D eigenvalue weighted by Crippen LogP contribution is 2.19. The van der Waals surface area contributed by atoms with Gasteiger partial charge < -0.3 is 10.2 Å². The van der Waals surface area contributed by atoms with Gasteiger partial charge in [0, 0.05) is 30.8 Å². The third-order valence-corrected chi connectivity index (χ3v) is 4.80. The molecule has 4 nitrogen and oxygen atoms in total. The van der Waals surface area contributed by atoms with Gasteiger partial charge >= 0.3 is 0 Å². The molecule has 1 fully saturated rings. The summed E-state index contributed by atoms with van der Waals surface area (Å²) in [6.07, 6.45) is 0.930. The average molecular weight is 336 g/mol. The van der Waals surface area contributed by atoms with Crippen LogP contribution in [0.15, 0.2) is 42.5 Å². The van der Waals surface area contributed by atoms with Gasteiger partial charge in [0.05, 0.1) is 5.56 Å². The molecular weight excluding hydrogens is 312 g/mol. The van der Waals surface area contributed by atoms with Gasteiger partial charge in [0.2, 0.25) is 0 Å². The molecule has 0 atom stereocenters. The Labute approximate surface area is 148 Å². The minimum atomic E-state index is -0.0972. The molecule has 1 amide bonds. The number of carbonyl (C=O) groups excluding carboxylic acids is 2. The maximum Gasteiger partial charge on any atom is 0.254 e. The molecule has 0 aromatic heterocycles. The predicted octanol–water partition coefficient (Wildman–Crippen LogP) is 2.97. The van der Waals surface area contributed by atoms with Crippen molar-refractivity contribution in [2.24, 2.45) is 0 Å². The van der Waals surface area contributed by atoms with Crippen molar-refractivity contribution >= 4 is 11.7 Å². The third kappa shape index (κ3) is 3.80. The van der Waals surface area contributed by atoms with Crippen LogP contribution in [0.2, 0.25) is 0 Å². The van der Waals surface area contributed by atoms with Crippen molar-refractivity contribution in [3.63, 3.8) is 0 Å². The molecule has 0 spiro atoms. The molecular formula is C21H24N2O2. The van der Waals surface area contributed by atoms with E-state index in [1.165, 1.54) is 0 Å². The van der Waals surface area contributed by atoms with Crippen LogP contribution in [-0.2, 0) is 0 Å². The summed E-state index contributed by atoms with van der Waals surface area (Å²) in [6.45, 7) is 7.12. The minimum absolute atomic E-state index is 0.0588. The van der Waals surface area contributed by atoms with E-state index in [1.54, 1.807) is 12.1 Å². The second-order valence-corrected chi connectivity index (χ2v) is 6.57. The first-order chi connectivity index (χ1) is 12.1. The summed E-state index contributed by atoms with van der Waals surface area (Å²) >= 11 is 0. The summed E-state index contributed by atoms with van der Waals surface area (Å²) in [7, 11) is 0. The van der Waals surface area contributed by atoms with E-state index in [-0.39, 0.29) is 11.7 Å². The monoisotopic (exact) mass is 336 g/mol. The number of hydrogen-bond donors (Lipinski definition) is 1. The van der Waals surface area contributed by atoms with Crippen LogP contribution in [0.3, 0.4) is 0 Å². The van der Waals surface area contributed by atoms with Crippen molar-refractivity contribution in [2.75, 3.05) is 26.2 Å². The van der Waals surface area contributed by atoms with E-state index in [0.717, 1.165) is 37.2 Å². The van der Waals surface area contributed by atoms with Crippen molar-refractivity contribution in [1.82, 2.24) is 10.2 Å². The van der Waals surface area contributed by atoms with Crippen LogP contribution < -0.4 is 5.32 Å². The van der Waals surface area contributed by atoms with Crippen molar-refractivity contribution in [1.29, 1.82) is 0 Å². The molecule has 0 bridgehead atoms. The Kier molecular flexibility index (Phi) is 5.29. The van der Waals surface area contributed by atoms with E-state index >= 15 is 0 Å². The van der Waals surface area contributed by atoms with Crippen molar-refractivity contribution in [3.05, 3.63) is 70.3 Å². The van der Waals surface area contributed by atoms with Gasteiger partial charge in [0.1, 0.15) is 0 Å². The Balaban J connectivity index is 1.93. The van der Waals surface area contributed by atoms with Gasteiger partial charge in [-0.2, -0.15) is 0 Å². The van der Waals surface area contributed by atoms with E-state index in [2.05, 4.69) is 5.32 Å². The van der Waals surface area contributed by atoms with E-state index in [0.29, 0.717) is 23.2 Å². The highest BCUT2D eigenvalue weighted by atomic mass is 16.2. The smallest absolute Gasteiger partial charge is 0.254 e. The molecule has 2 aromatic rings. The Morgan fingerprint density at radius 2 is 1.68 bits per heavy atom. The quantitative estimate of drug-likeness (QED) is 0.877. The van der Waals surface area contributed by atoms with Crippen molar-refractivity contribution in [3.8, 4) is 0 Å². The summed E-state index contributed by atoms with van der Waals surface area (Å²) < 4.78 is 0. The zero-order valence-electron chi connectivity index (χ0n) is 14.8. The maximum absolute atomic E-state index is 13.0. The highest BCUT2D eigenvalue weighted by Gasteiger charge is 2.23. The number of rotatable bonds is 3. The molecule has 0 radical (unpaired) electrons. The van der Waals surface area contributed by atoms with Gasteiger partial charge in [-0.05, 0) is 50.1 Å². The topological polar surface area (TPSA) is 49.4 Å². The second-order valence-electron chi connectivity index (χ2n) is 6.57. The fraction of sp³-hybridized carbons (Fsp3) is 0.333. The van der Waals surface area contributed by atoms with E-state index in [9.17, 15) is 9.59 Å². The first-order valence-corrected chi connectivity index (χ1v) is 8.79. The normalized spacial score (nSPS) is 14.9. The first-order valence-electron chi connectivity index (χ1n) is 8.79. The lowest BCUT2D eigenvalue weighted by Crippen LogP contribution is -2.35. The molecule has 1 aliphatic heterocycles. The van der Waals surface area contributed by atoms with Crippen molar-refractivity contribution < 1.29 is 9.59 Å². The lowest BCUT2D eigenvalue weighted by molar-refractivity contribution is 0.0762. The largest absolute Gasteiger partial charge is 0.337 e. The Bertz CT molecular complexity index is 790. The van der Waals surface area contributed by atoms with Gasteiger partial charge in [-0.25, -0.2) is 0 Å². The van der Waals surface area contributed by atoms with Crippen LogP contribution in [0.4, 0.5) is 0 Å². The summed E-state index contributed by atoms with van der Waals surface area (Å²) in [4.78, 5) is 27.8. The molecule has 4 heteroatoms. The van der Waals surface area contributed by atoms with Crippen LogP contribution in [-0.4, -0.2) is 42.8 Å². The number of ketones is 1. The average Bonchev–Trinajstić information content (AvgIpc) is 2.92. The van der Waals surface area contributed by atoms with Gasteiger partial charge in [-0.3, -0.25) is 9.59 Å². The van der Waals surface area contributed by atoms with Crippen LogP contribution >= 0.6 is 0 Å². The molecule has 0 saturated carbocycles. The van der Waals surface area contributed by atoms with Crippen LogP contribution in [0, 0.1) is 13.8 Å². The van der Waals surface area contributed by atoms with E-state index < -0.39 is 0 Å². The van der Waals surface area contributed by atoms with Crippen LogP contribution in [0.1, 0.15) is 43.8 Å². The molecule has 1 aliphatic rings. The standard InChI is InChI=1S/C21H24N2O2/c1-15-8-9-17(14-16(15)2)20(24)18-6-3-4-7-19(18)21(25)23-12-5-10-22-11-13-23/h3-4,6-9,14,22H,5,10-13H2,1-2H3. The lowest BCUT2D eigenvalue weighted by Gasteiger charge is -2.21. The van der Waals surface area contributed by atoms with Gasteiger partial charge in [-0.1, -0.05) is 30.3 Å². The summed E-state index contributed by atoms with van der Waals surface area (Å²) in [5, 5.41) is 3.30. The van der Waals surface area contributed by atoms with Gasteiger partial charge in [0.15, 0.2) is 5.78 Å². The Morgan fingerprint density at radius 3 is 2.44 bits per heavy atom. The predicted molar refractivity (Wildman–Crippen MR) is 99.2 cm³/mol. The van der Waals surface area contributed by atoms with E-state index in [1.807, 2.05) is 49.1 Å². The molecule has 0 unspecified atom stereocenters. The zero-order valence-corrected chi connectivity index (χ0v) is 14.8. The number of benzene rings is 2. The summed E-state index contributed by atoms with van der Waals surface area (Å²) in [6, 6.07) is 12.8. The number of aryl methyl sites for hydroxylation is 2. The SMILES string of the molecule is Cc1ccc(C(=O)c2ccccc2C(=O)N2CCCNCC2)cc1C. The first kappa shape index (κ1) is 17.4. The molecule has 3 rings (SSSR count). The molecule has 0 aliphatic carbocycles. The minimum Gasteiger partial charge on any atom is -0.337 e. The molecule has 2 aromatic carbocycles. The van der Waals surface area contributed by atoms with E-state index in [4.69, 9.17) is 0 Å². The van der Waals surface area contributed by atoms with Crippen LogP contribution in [0.25, 0.3) is 0 Å². The number of carbonyl (C=O) groups is 2. The molecule has 1 heterocycles. The second kappa shape index (κ2) is 7.62. The molecule has 130 valence electrons. The molecule has 1 N–H and O–H groups in total. The fourth-order valence-electron chi connectivity index (χ4n) is 3.12. The summed E-state index contributed by atoms with van der Waals surface area (Å²) in [5.74, 6) is -0.156. The Morgan fingerprint density at radius 1 is 0.920 bits per heavy atom. The Hall–Kier alpha value is -2.46. The zero-order chi connectivity index (χ0) is 17.8. The highest BCUT2D eigenvalue weighted by molar-refractivity contribution is 6.15. The maximum atomic E-state index is 13.0. The lowest BCUT2D eigenvalue weighted by atomic mass is 9.95. The van der Waals surface area contributed by atoms with Gasteiger partial charge in [0.25, 0.3) is 5.91 Å². The molecule has 1 saturated heterocycles. The number of nitrogens with zero attached hydrogens (tertiary/aromatic N) is 1. The third-order valence-electron chi connectivity index (χ3n) is 4.80. The fourth-order valence-corrected chi connectivity index (χ4v) is 3.12. The van der Waals surface area contributed by atoms with Crippen molar-refractivity contribution in [2.45, 2.75) is 20.3 Å². The van der Waals surface area contributed by atoms with Gasteiger partial charge in [-0.15, -0.1) is 0 Å². The number of amides is 1. The summed E-state index contributed by atoms with van der Waals surface area (Å²) in [5.41, 5.74) is 3.83. The van der Waals surface area contributed by atoms with Crippen LogP contribution in [0.5, 0.6) is 0 Å². The number of hydrogen-bond acceptors (Lipinski definition) is 3.